The maximum Gasteiger partial charge on any atom is 0.310 e. The first kappa shape index (κ1) is 25.5. The van der Waals surface area contributed by atoms with Crippen molar-refractivity contribution in [1.29, 1.82) is 0 Å². The molecule has 12 heteroatoms. The monoisotopic (exact) mass is 579 g/mol. The Morgan fingerprint density at radius 1 is 1.36 bits per heavy atom. The molecule has 2 aromatic rings. The first-order chi connectivity index (χ1) is 17.2. The van der Waals surface area contributed by atoms with Crippen molar-refractivity contribution in [3.63, 3.8) is 0 Å². The van der Waals surface area contributed by atoms with E-state index in [-0.39, 0.29) is 47.7 Å². The number of hydrogen-bond acceptors (Lipinski definition) is 8. The lowest BCUT2D eigenvalue weighted by Crippen LogP contribution is -2.58. The number of carbonyl (C=O) groups is 3. The molecule has 3 aliphatic rings. The van der Waals surface area contributed by atoms with Crippen LogP contribution in [0.25, 0.3) is 11.0 Å². The van der Waals surface area contributed by atoms with Crippen molar-refractivity contribution in [2.24, 2.45) is 17.8 Å². The summed E-state index contributed by atoms with van der Waals surface area (Å²) >= 11 is 5.26. The first-order valence-electron chi connectivity index (χ1n) is 12.2. The van der Waals surface area contributed by atoms with Crippen LogP contribution in [0.1, 0.15) is 27.2 Å². The summed E-state index contributed by atoms with van der Waals surface area (Å²) in [5, 5.41) is 21.3. The van der Waals surface area contributed by atoms with E-state index in [4.69, 9.17) is 4.74 Å². The zero-order valence-electron chi connectivity index (χ0n) is 20.3. The average Bonchev–Trinajstić information content (AvgIpc) is 3.56. The smallest absolute Gasteiger partial charge is 0.310 e. The van der Waals surface area contributed by atoms with Gasteiger partial charge in [-0.25, -0.2) is 4.68 Å². The van der Waals surface area contributed by atoms with Gasteiger partial charge in [-0.3, -0.25) is 14.4 Å². The minimum atomic E-state index is -0.848. The Balaban J connectivity index is 1.51. The van der Waals surface area contributed by atoms with Gasteiger partial charge in [-0.2, -0.15) is 0 Å². The van der Waals surface area contributed by atoms with Crippen LogP contribution in [0.4, 0.5) is 0 Å². The third-order valence-corrected chi connectivity index (χ3v) is 10.9. The van der Waals surface area contributed by atoms with E-state index in [9.17, 15) is 19.5 Å². The minimum Gasteiger partial charge on any atom is -0.466 e. The van der Waals surface area contributed by atoms with E-state index in [0.29, 0.717) is 11.9 Å². The van der Waals surface area contributed by atoms with Gasteiger partial charge < -0.3 is 20.1 Å². The van der Waals surface area contributed by atoms with Crippen LogP contribution in [0.2, 0.25) is 0 Å². The fourth-order valence-corrected chi connectivity index (χ4v) is 9.72. The Morgan fingerprint density at radius 2 is 2.11 bits per heavy atom. The highest BCUT2D eigenvalue weighted by atomic mass is 79.9. The molecule has 1 aromatic carbocycles. The summed E-state index contributed by atoms with van der Waals surface area (Å²) in [5.41, 5.74) is 1.50. The molecule has 7 atom stereocenters. The van der Waals surface area contributed by atoms with Crippen LogP contribution in [0.3, 0.4) is 0 Å². The number of aliphatic hydroxyl groups excluding tert-OH is 1. The number of aromatic nitrogens is 3. The van der Waals surface area contributed by atoms with Crippen LogP contribution in [0, 0.1) is 17.8 Å². The number of nitrogens with one attached hydrogen (secondary N) is 1. The van der Waals surface area contributed by atoms with Crippen molar-refractivity contribution < 1.29 is 24.2 Å². The quantitative estimate of drug-likeness (QED) is 0.356. The lowest BCUT2D eigenvalue weighted by atomic mass is 9.71. The summed E-state index contributed by atoms with van der Waals surface area (Å²) in [6.07, 6.45) is 0.561. The van der Waals surface area contributed by atoms with Crippen LogP contribution in [-0.2, 0) is 25.8 Å². The van der Waals surface area contributed by atoms with Gasteiger partial charge in [0.05, 0.1) is 41.4 Å². The van der Waals surface area contributed by atoms with Gasteiger partial charge >= 0.3 is 5.97 Å². The van der Waals surface area contributed by atoms with Crippen molar-refractivity contribution in [2.45, 2.75) is 60.8 Å². The molecule has 5 rings (SSSR count). The van der Waals surface area contributed by atoms with E-state index in [1.54, 1.807) is 28.3 Å². The number of ether oxygens (including phenoxy) is 1. The number of fused-ring (bicyclic) bond motifs is 2. The lowest BCUT2D eigenvalue weighted by Gasteiger charge is -2.38. The third kappa shape index (κ3) is 3.75. The second kappa shape index (κ2) is 9.60. The number of halogens is 1. The van der Waals surface area contributed by atoms with Crippen molar-refractivity contribution >= 4 is 56.5 Å². The van der Waals surface area contributed by atoms with Crippen LogP contribution in [-0.4, -0.2) is 82.9 Å². The number of carbonyl (C=O) groups excluding carboxylic acids is 3. The van der Waals surface area contributed by atoms with E-state index in [0.717, 1.165) is 5.52 Å². The average molecular weight is 581 g/mol. The molecule has 2 amide bonds. The molecule has 0 saturated carbocycles. The first-order valence-corrected chi connectivity index (χ1v) is 14.0. The fourth-order valence-electron chi connectivity index (χ4n) is 6.14. The molecule has 10 nitrogen and oxygen atoms in total. The molecule has 36 heavy (non-hydrogen) atoms. The van der Waals surface area contributed by atoms with Gasteiger partial charge in [0, 0.05) is 10.1 Å². The molecule has 1 aromatic heterocycles. The van der Waals surface area contributed by atoms with E-state index in [2.05, 4.69) is 31.6 Å². The summed E-state index contributed by atoms with van der Waals surface area (Å²) in [6, 6.07) is 6.05. The van der Waals surface area contributed by atoms with Gasteiger partial charge in [-0.15, -0.1) is 16.9 Å². The number of esters is 1. The third-order valence-electron chi connectivity index (χ3n) is 7.67. The molecule has 3 unspecified atom stereocenters. The van der Waals surface area contributed by atoms with Crippen LogP contribution < -0.4 is 5.32 Å². The highest BCUT2D eigenvalue weighted by Gasteiger charge is 2.76. The Hall–Kier alpha value is -2.18. The van der Waals surface area contributed by atoms with Crippen molar-refractivity contribution in [1.82, 2.24) is 25.2 Å². The Labute approximate surface area is 221 Å². The van der Waals surface area contributed by atoms with Crippen molar-refractivity contribution in [2.75, 3.05) is 13.2 Å². The second-order valence-electron chi connectivity index (χ2n) is 9.93. The molecule has 2 N–H and O–H groups in total. The Morgan fingerprint density at radius 3 is 2.81 bits per heavy atom. The van der Waals surface area contributed by atoms with Crippen LogP contribution in [0.15, 0.2) is 24.3 Å². The van der Waals surface area contributed by atoms with E-state index < -0.39 is 34.6 Å². The van der Waals surface area contributed by atoms with Gasteiger partial charge in [0.25, 0.3) is 0 Å². The Bertz CT molecular complexity index is 1190. The normalized spacial score (nSPS) is 31.8. The summed E-state index contributed by atoms with van der Waals surface area (Å²) in [4.78, 5) is 42.5. The van der Waals surface area contributed by atoms with Gasteiger partial charge in [0.15, 0.2) is 0 Å². The number of hydrogen-bond donors (Lipinski definition) is 2. The van der Waals surface area contributed by atoms with Crippen LogP contribution in [0.5, 0.6) is 0 Å². The molecule has 3 fully saturated rings. The number of alkyl halides is 1. The second-order valence-corrected chi connectivity index (χ2v) is 12.6. The number of aliphatic hydroxyl groups is 1. The van der Waals surface area contributed by atoms with Gasteiger partial charge in [-0.1, -0.05) is 47.1 Å². The SMILES string of the molecule is CCOC(=O)[C@H]1[C@H]2C(=O)N([C@@H](CO)C(C)C)C(C(=O)NCn3nnc4ccccc43)C23CC(Br)[C@@H]1S3. The standard InChI is InChI=1S/C24H30BrN5O5S/c1-4-35-23(34)17-18-22(33)30(16(10-31)12(2)3)20(24(18)9-13(25)19(17)36-24)21(32)26-11-29-15-8-6-5-7-14(15)27-28-29/h5-8,12-13,16-20,31H,4,9-11H2,1-3H3,(H,26,32)/t13?,16-,17-,18-,19-,20?,24?/m0/s1. The molecule has 2 bridgehead atoms. The van der Waals surface area contributed by atoms with Gasteiger partial charge in [0.1, 0.15) is 18.2 Å². The van der Waals surface area contributed by atoms with Crippen molar-refractivity contribution in [3.8, 4) is 0 Å². The predicted octanol–water partition coefficient (Wildman–Crippen LogP) is 1.55. The zero-order valence-corrected chi connectivity index (χ0v) is 22.7. The zero-order chi connectivity index (χ0) is 25.8. The summed E-state index contributed by atoms with van der Waals surface area (Å²) in [7, 11) is 0. The Kier molecular flexibility index (Phi) is 6.80. The fraction of sp³-hybridized carbons (Fsp3) is 0.625. The highest BCUT2D eigenvalue weighted by Crippen LogP contribution is 2.68. The molecule has 1 spiro atoms. The molecule has 0 aliphatic carbocycles. The molecule has 0 radical (unpaired) electrons. The molecule has 4 heterocycles. The van der Waals surface area contributed by atoms with E-state index in [1.807, 2.05) is 38.1 Å². The molecule has 3 saturated heterocycles. The summed E-state index contributed by atoms with van der Waals surface area (Å²) < 4.78 is 6.17. The maximum atomic E-state index is 14.0. The number of amides is 2. The highest BCUT2D eigenvalue weighted by molar-refractivity contribution is 9.09. The molecular formula is C24H30BrN5O5S. The lowest BCUT2D eigenvalue weighted by molar-refractivity contribution is -0.154. The van der Waals surface area contributed by atoms with E-state index >= 15 is 0 Å². The van der Waals surface area contributed by atoms with Gasteiger partial charge in [0.2, 0.25) is 11.8 Å². The number of para-hydroxylation sites is 1. The van der Waals surface area contributed by atoms with E-state index in [1.165, 1.54) is 0 Å². The molecule has 3 aliphatic heterocycles. The van der Waals surface area contributed by atoms with Crippen LogP contribution >= 0.6 is 27.7 Å². The number of nitrogens with zero attached hydrogens (tertiary/aromatic N) is 4. The molecular weight excluding hydrogens is 550 g/mol. The maximum absolute atomic E-state index is 14.0. The molecule has 194 valence electrons. The topological polar surface area (TPSA) is 127 Å². The number of benzene rings is 1. The number of rotatable bonds is 8. The largest absolute Gasteiger partial charge is 0.466 e. The minimum absolute atomic E-state index is 0.0397. The predicted molar refractivity (Wildman–Crippen MR) is 137 cm³/mol. The summed E-state index contributed by atoms with van der Waals surface area (Å²) in [5.74, 6) is -2.42. The number of likely N-dealkylation sites (tertiary alicyclic amines) is 1. The van der Waals surface area contributed by atoms with Gasteiger partial charge in [-0.05, 0) is 31.4 Å². The summed E-state index contributed by atoms with van der Waals surface area (Å²) in [6.45, 7) is 5.59. The number of thioether (sulfide) groups is 1. The van der Waals surface area contributed by atoms with Crippen molar-refractivity contribution in [3.05, 3.63) is 24.3 Å².